The highest BCUT2D eigenvalue weighted by Crippen LogP contribution is 2.19. The Bertz CT molecular complexity index is 732. The Morgan fingerprint density at radius 3 is 2.71 bits per heavy atom. The molecule has 1 aliphatic heterocycles. The fourth-order valence-electron chi connectivity index (χ4n) is 3.24. The number of amides is 1. The molecule has 0 aliphatic carbocycles. The molecule has 1 N–H and O–H groups in total. The van der Waals surface area contributed by atoms with Crippen molar-refractivity contribution in [1.29, 1.82) is 0 Å². The maximum atomic E-state index is 12.9. The molecule has 2 aromatic rings. The van der Waals surface area contributed by atoms with Crippen molar-refractivity contribution >= 4 is 17.5 Å². The molecule has 1 amide bonds. The lowest BCUT2D eigenvalue weighted by atomic mass is 10.1. The summed E-state index contributed by atoms with van der Waals surface area (Å²) in [5.74, 6) is 0.0565. The van der Waals surface area contributed by atoms with Gasteiger partial charge in [-0.3, -0.25) is 9.48 Å². The molecular formula is C18H23ClN4O. The van der Waals surface area contributed by atoms with E-state index in [-0.39, 0.29) is 11.9 Å². The SMILES string of the molecule is Cc1nn(Cc2ccc(Cl)cc2)c(C)c1C(=O)N(C)[C@H]1CCNC1. The molecule has 1 fully saturated rings. The highest BCUT2D eigenvalue weighted by atomic mass is 35.5. The number of benzene rings is 1. The minimum absolute atomic E-state index is 0.0565. The highest BCUT2D eigenvalue weighted by molar-refractivity contribution is 6.30. The molecule has 0 saturated carbocycles. The van der Waals surface area contributed by atoms with Crippen LogP contribution in [0.3, 0.4) is 0 Å². The molecule has 128 valence electrons. The van der Waals surface area contributed by atoms with E-state index < -0.39 is 0 Å². The summed E-state index contributed by atoms with van der Waals surface area (Å²) in [4.78, 5) is 14.8. The molecule has 5 nitrogen and oxygen atoms in total. The summed E-state index contributed by atoms with van der Waals surface area (Å²) in [6.07, 6.45) is 0.999. The monoisotopic (exact) mass is 346 g/mol. The Kier molecular flexibility index (Phi) is 4.92. The van der Waals surface area contributed by atoms with E-state index in [9.17, 15) is 4.79 Å². The van der Waals surface area contributed by atoms with Crippen molar-refractivity contribution in [2.75, 3.05) is 20.1 Å². The topological polar surface area (TPSA) is 50.2 Å². The first-order valence-corrected chi connectivity index (χ1v) is 8.61. The lowest BCUT2D eigenvalue weighted by molar-refractivity contribution is 0.0742. The second-order valence-corrected chi connectivity index (χ2v) is 6.83. The molecule has 0 radical (unpaired) electrons. The maximum Gasteiger partial charge on any atom is 0.257 e. The van der Waals surface area contributed by atoms with E-state index >= 15 is 0 Å². The van der Waals surface area contributed by atoms with E-state index in [2.05, 4.69) is 10.4 Å². The van der Waals surface area contributed by atoms with Gasteiger partial charge in [0.05, 0.1) is 17.8 Å². The molecule has 24 heavy (non-hydrogen) atoms. The van der Waals surface area contributed by atoms with Gasteiger partial charge in [-0.1, -0.05) is 23.7 Å². The molecular weight excluding hydrogens is 324 g/mol. The summed E-state index contributed by atoms with van der Waals surface area (Å²) >= 11 is 5.94. The number of nitrogens with one attached hydrogen (secondary N) is 1. The van der Waals surface area contributed by atoms with Gasteiger partial charge in [0.15, 0.2) is 0 Å². The zero-order chi connectivity index (χ0) is 17.3. The summed E-state index contributed by atoms with van der Waals surface area (Å²) in [6, 6.07) is 7.97. The van der Waals surface area contributed by atoms with Crippen LogP contribution in [0.1, 0.15) is 33.7 Å². The molecule has 1 saturated heterocycles. The summed E-state index contributed by atoms with van der Waals surface area (Å²) in [5.41, 5.74) is 3.52. The van der Waals surface area contributed by atoms with E-state index in [0.717, 1.165) is 47.0 Å². The summed E-state index contributed by atoms with van der Waals surface area (Å²) in [5, 5.41) is 8.60. The molecule has 1 aromatic heterocycles. The van der Waals surface area contributed by atoms with Crippen molar-refractivity contribution in [3.8, 4) is 0 Å². The summed E-state index contributed by atoms with van der Waals surface area (Å²) in [6.45, 7) is 6.32. The Morgan fingerprint density at radius 1 is 1.38 bits per heavy atom. The van der Waals surface area contributed by atoms with E-state index in [1.165, 1.54) is 0 Å². The molecule has 6 heteroatoms. The van der Waals surface area contributed by atoms with Gasteiger partial charge < -0.3 is 10.2 Å². The molecule has 3 rings (SSSR count). The minimum atomic E-state index is 0.0565. The van der Waals surface area contributed by atoms with Crippen LogP contribution in [0.2, 0.25) is 5.02 Å². The number of aryl methyl sites for hydroxylation is 1. The van der Waals surface area contributed by atoms with Gasteiger partial charge in [0, 0.05) is 30.4 Å². The van der Waals surface area contributed by atoms with Gasteiger partial charge in [0.2, 0.25) is 0 Å². The van der Waals surface area contributed by atoms with Gasteiger partial charge in [-0.15, -0.1) is 0 Å². The van der Waals surface area contributed by atoms with Crippen LogP contribution in [0.5, 0.6) is 0 Å². The second-order valence-electron chi connectivity index (χ2n) is 6.39. The van der Waals surface area contributed by atoms with Crippen molar-refractivity contribution in [2.45, 2.75) is 32.9 Å². The third kappa shape index (κ3) is 3.32. The van der Waals surface area contributed by atoms with Gasteiger partial charge in [-0.25, -0.2) is 0 Å². The van der Waals surface area contributed by atoms with Crippen molar-refractivity contribution in [2.24, 2.45) is 0 Å². The van der Waals surface area contributed by atoms with E-state index in [4.69, 9.17) is 11.6 Å². The van der Waals surface area contributed by atoms with Crippen molar-refractivity contribution < 1.29 is 4.79 Å². The molecule has 1 atom stereocenters. The zero-order valence-corrected chi connectivity index (χ0v) is 15.1. The highest BCUT2D eigenvalue weighted by Gasteiger charge is 2.28. The van der Waals surface area contributed by atoms with Gasteiger partial charge in [0.25, 0.3) is 5.91 Å². The minimum Gasteiger partial charge on any atom is -0.337 e. The van der Waals surface area contributed by atoms with Gasteiger partial charge in [-0.2, -0.15) is 5.10 Å². The predicted octanol–water partition coefficient (Wildman–Crippen LogP) is 2.64. The number of carbonyl (C=O) groups excluding carboxylic acids is 1. The zero-order valence-electron chi connectivity index (χ0n) is 14.3. The van der Waals surface area contributed by atoms with Crippen molar-refractivity contribution in [3.63, 3.8) is 0 Å². The van der Waals surface area contributed by atoms with Crippen LogP contribution in [-0.2, 0) is 6.54 Å². The molecule has 1 aromatic carbocycles. The first-order valence-electron chi connectivity index (χ1n) is 8.23. The fourth-order valence-corrected chi connectivity index (χ4v) is 3.36. The smallest absolute Gasteiger partial charge is 0.257 e. The third-order valence-corrected chi connectivity index (χ3v) is 5.00. The summed E-state index contributed by atoms with van der Waals surface area (Å²) in [7, 11) is 1.88. The average molecular weight is 347 g/mol. The summed E-state index contributed by atoms with van der Waals surface area (Å²) < 4.78 is 1.90. The number of nitrogens with zero attached hydrogens (tertiary/aromatic N) is 3. The van der Waals surface area contributed by atoms with Crippen molar-refractivity contribution in [1.82, 2.24) is 20.0 Å². The molecule has 0 bridgehead atoms. The van der Waals surface area contributed by atoms with Crippen LogP contribution in [0.25, 0.3) is 0 Å². The van der Waals surface area contributed by atoms with Crippen LogP contribution >= 0.6 is 11.6 Å². The van der Waals surface area contributed by atoms with Crippen molar-refractivity contribution in [3.05, 3.63) is 51.8 Å². The second kappa shape index (κ2) is 6.95. The van der Waals surface area contributed by atoms with Crippen LogP contribution in [0.15, 0.2) is 24.3 Å². The Hall–Kier alpha value is -1.85. The first kappa shape index (κ1) is 17.0. The lowest BCUT2D eigenvalue weighted by Crippen LogP contribution is -2.38. The Morgan fingerprint density at radius 2 is 2.08 bits per heavy atom. The molecule has 1 aliphatic rings. The standard InChI is InChI=1S/C18H23ClN4O/c1-12-17(18(24)22(3)16-8-9-20-10-16)13(2)23(21-12)11-14-4-6-15(19)7-5-14/h4-7,16,20H,8-11H2,1-3H3/t16-/m0/s1. The largest absolute Gasteiger partial charge is 0.337 e. The van der Waals surface area contributed by atoms with E-state index in [0.29, 0.717) is 6.54 Å². The molecule has 0 unspecified atom stereocenters. The number of likely N-dealkylation sites (N-methyl/N-ethyl adjacent to an activating group) is 1. The van der Waals surface area contributed by atoms with E-state index in [1.807, 2.05) is 54.7 Å². The third-order valence-electron chi connectivity index (χ3n) is 4.74. The lowest BCUT2D eigenvalue weighted by Gasteiger charge is -2.24. The van der Waals surface area contributed by atoms with Gasteiger partial charge in [-0.05, 0) is 44.5 Å². The van der Waals surface area contributed by atoms with E-state index in [1.54, 1.807) is 0 Å². The van der Waals surface area contributed by atoms with Crippen LogP contribution in [0, 0.1) is 13.8 Å². The maximum absolute atomic E-state index is 12.9. The number of carbonyl (C=O) groups is 1. The first-order chi connectivity index (χ1) is 11.5. The molecule has 2 heterocycles. The quantitative estimate of drug-likeness (QED) is 0.925. The number of rotatable bonds is 4. The molecule has 0 spiro atoms. The predicted molar refractivity (Wildman–Crippen MR) is 95.6 cm³/mol. The number of halogens is 1. The number of hydrogen-bond acceptors (Lipinski definition) is 3. The van der Waals surface area contributed by atoms with Crippen LogP contribution in [-0.4, -0.2) is 46.8 Å². The van der Waals surface area contributed by atoms with Crippen LogP contribution < -0.4 is 5.32 Å². The normalized spacial score (nSPS) is 17.2. The Labute approximate surface area is 147 Å². The average Bonchev–Trinajstić information content (AvgIpc) is 3.18. The fraction of sp³-hybridized carbons (Fsp3) is 0.444. The Balaban J connectivity index is 1.83. The number of aromatic nitrogens is 2. The van der Waals surface area contributed by atoms with Gasteiger partial charge >= 0.3 is 0 Å². The number of hydrogen-bond donors (Lipinski definition) is 1. The van der Waals surface area contributed by atoms with Crippen LogP contribution in [0.4, 0.5) is 0 Å². The van der Waals surface area contributed by atoms with Gasteiger partial charge in [0.1, 0.15) is 0 Å².